The molecule has 1 aliphatic heterocycles. The lowest BCUT2D eigenvalue weighted by Gasteiger charge is -2.22. The summed E-state index contributed by atoms with van der Waals surface area (Å²) >= 11 is 6.17. The van der Waals surface area contributed by atoms with Gasteiger partial charge < -0.3 is 24.4 Å². The van der Waals surface area contributed by atoms with Gasteiger partial charge in [0.25, 0.3) is 11.8 Å². The number of likely N-dealkylation sites (N-methyl/N-ethyl adjacent to an activating group) is 1. The van der Waals surface area contributed by atoms with Gasteiger partial charge in [0.15, 0.2) is 12.7 Å². The molecule has 1 saturated heterocycles. The first-order chi connectivity index (χ1) is 12.0. The van der Waals surface area contributed by atoms with Crippen molar-refractivity contribution < 1.29 is 23.8 Å². The number of carbonyl (C=O) groups is 2. The molecule has 0 unspecified atom stereocenters. The maximum atomic E-state index is 12.1. The molecule has 1 aromatic carbocycles. The second kappa shape index (κ2) is 9.60. The lowest BCUT2D eigenvalue weighted by atomic mass is 10.2. The van der Waals surface area contributed by atoms with E-state index >= 15 is 0 Å². The minimum absolute atomic E-state index is 0.0830. The van der Waals surface area contributed by atoms with Crippen LogP contribution in [0.1, 0.15) is 13.8 Å². The molecule has 2 amide bonds. The summed E-state index contributed by atoms with van der Waals surface area (Å²) in [5.41, 5.74) is 0.520. The van der Waals surface area contributed by atoms with Crippen LogP contribution in [0.25, 0.3) is 0 Å². The average Bonchev–Trinajstić information content (AvgIpc) is 2.62. The van der Waals surface area contributed by atoms with Crippen LogP contribution in [-0.4, -0.2) is 62.3 Å². The fourth-order valence-corrected chi connectivity index (χ4v) is 2.60. The van der Waals surface area contributed by atoms with Crippen LogP contribution < -0.4 is 10.1 Å². The first-order valence-corrected chi connectivity index (χ1v) is 8.63. The number of halogens is 1. The summed E-state index contributed by atoms with van der Waals surface area (Å²) in [6.45, 7) is 6.11. The van der Waals surface area contributed by atoms with Gasteiger partial charge in [-0.25, -0.2) is 0 Å². The first-order valence-electron chi connectivity index (χ1n) is 8.25. The van der Waals surface area contributed by atoms with Crippen LogP contribution >= 0.6 is 11.6 Å². The number of amides is 2. The highest BCUT2D eigenvalue weighted by Gasteiger charge is 2.23. The lowest BCUT2D eigenvalue weighted by molar-refractivity contribution is -0.142. The van der Waals surface area contributed by atoms with E-state index in [1.807, 2.05) is 13.8 Å². The Morgan fingerprint density at radius 1 is 1.32 bits per heavy atom. The molecular formula is C17H23ClN2O5. The monoisotopic (exact) mass is 370 g/mol. The van der Waals surface area contributed by atoms with Gasteiger partial charge in [-0.15, -0.1) is 0 Å². The molecule has 2 rings (SSSR count). The summed E-state index contributed by atoms with van der Waals surface area (Å²) in [5, 5.41) is 3.03. The predicted molar refractivity (Wildman–Crippen MR) is 94.1 cm³/mol. The van der Waals surface area contributed by atoms with Gasteiger partial charge in [-0.2, -0.15) is 0 Å². The Morgan fingerprint density at radius 2 is 2.08 bits per heavy atom. The summed E-state index contributed by atoms with van der Waals surface area (Å²) in [5.74, 6) is -0.00791. The highest BCUT2D eigenvalue weighted by Crippen LogP contribution is 2.28. The molecule has 7 nitrogen and oxygen atoms in total. The van der Waals surface area contributed by atoms with E-state index in [1.165, 1.54) is 0 Å². The van der Waals surface area contributed by atoms with Gasteiger partial charge in [-0.1, -0.05) is 11.6 Å². The maximum absolute atomic E-state index is 12.1. The van der Waals surface area contributed by atoms with Gasteiger partial charge in [0.05, 0.1) is 24.8 Å². The number of ether oxygens (including phenoxy) is 3. The van der Waals surface area contributed by atoms with Crippen molar-refractivity contribution in [2.75, 3.05) is 44.8 Å². The molecule has 138 valence electrons. The fraction of sp³-hybridized carbons (Fsp3) is 0.529. The summed E-state index contributed by atoms with van der Waals surface area (Å²) in [6.07, 6.45) is -0.629. The van der Waals surface area contributed by atoms with E-state index in [-0.39, 0.29) is 25.0 Å². The Morgan fingerprint density at radius 3 is 2.68 bits per heavy atom. The van der Waals surface area contributed by atoms with Crippen molar-refractivity contribution in [3.05, 3.63) is 23.2 Å². The second-order valence-corrected chi connectivity index (χ2v) is 5.83. The Labute approximate surface area is 152 Å². The van der Waals surface area contributed by atoms with E-state index in [2.05, 4.69) is 5.32 Å². The second-order valence-electron chi connectivity index (χ2n) is 5.42. The summed E-state index contributed by atoms with van der Waals surface area (Å²) in [7, 11) is 0. The van der Waals surface area contributed by atoms with E-state index in [1.54, 1.807) is 23.1 Å². The molecule has 1 aromatic rings. The van der Waals surface area contributed by atoms with Crippen LogP contribution in [0.5, 0.6) is 5.75 Å². The molecule has 0 saturated carbocycles. The van der Waals surface area contributed by atoms with Crippen molar-refractivity contribution in [3.8, 4) is 5.75 Å². The number of carbonyl (C=O) groups excluding carboxylic acids is 2. The molecular weight excluding hydrogens is 348 g/mol. The van der Waals surface area contributed by atoms with Gasteiger partial charge >= 0.3 is 0 Å². The number of benzene rings is 1. The molecule has 0 radical (unpaired) electrons. The quantitative estimate of drug-likeness (QED) is 0.793. The third kappa shape index (κ3) is 5.59. The van der Waals surface area contributed by atoms with Gasteiger partial charge in [0, 0.05) is 18.8 Å². The van der Waals surface area contributed by atoms with E-state index in [0.29, 0.717) is 42.8 Å². The van der Waals surface area contributed by atoms with Crippen molar-refractivity contribution in [1.82, 2.24) is 4.90 Å². The van der Waals surface area contributed by atoms with Crippen molar-refractivity contribution in [3.63, 3.8) is 0 Å². The van der Waals surface area contributed by atoms with Crippen molar-refractivity contribution >= 4 is 29.1 Å². The molecule has 0 bridgehead atoms. The fourth-order valence-electron chi connectivity index (χ4n) is 2.36. The Balaban J connectivity index is 1.91. The molecule has 1 heterocycles. The third-order valence-corrected chi connectivity index (χ3v) is 4.07. The number of hydrogen-bond donors (Lipinski definition) is 1. The Bertz CT molecular complexity index is 601. The van der Waals surface area contributed by atoms with Crippen LogP contribution in [-0.2, 0) is 19.1 Å². The zero-order chi connectivity index (χ0) is 18.2. The number of nitrogens with zero attached hydrogens (tertiary/aromatic N) is 1. The van der Waals surface area contributed by atoms with Gasteiger partial charge in [0.1, 0.15) is 5.75 Å². The topological polar surface area (TPSA) is 77.1 Å². The van der Waals surface area contributed by atoms with E-state index in [9.17, 15) is 9.59 Å². The number of nitrogens with one attached hydrogen (secondary N) is 1. The average molecular weight is 371 g/mol. The predicted octanol–water partition coefficient (Wildman–Crippen LogP) is 1.94. The van der Waals surface area contributed by atoms with Crippen LogP contribution in [0.3, 0.4) is 0 Å². The summed E-state index contributed by atoms with van der Waals surface area (Å²) < 4.78 is 16.0. The van der Waals surface area contributed by atoms with Gasteiger partial charge in [-0.05, 0) is 32.0 Å². The smallest absolute Gasteiger partial charge is 0.260 e. The minimum atomic E-state index is -0.629. The summed E-state index contributed by atoms with van der Waals surface area (Å²) in [4.78, 5) is 25.7. The van der Waals surface area contributed by atoms with E-state index in [0.717, 1.165) is 0 Å². The first kappa shape index (κ1) is 19.5. The number of rotatable bonds is 7. The van der Waals surface area contributed by atoms with Gasteiger partial charge in [-0.3, -0.25) is 9.59 Å². The SMILES string of the molecule is CCN(CC)C(=O)COc1ccc(NC(=O)[C@@H]2COCCO2)cc1Cl. The Hall–Kier alpha value is -1.83. The van der Waals surface area contributed by atoms with E-state index < -0.39 is 6.10 Å². The van der Waals surface area contributed by atoms with Crippen LogP contribution in [0.15, 0.2) is 18.2 Å². The zero-order valence-corrected chi connectivity index (χ0v) is 15.2. The highest BCUT2D eigenvalue weighted by molar-refractivity contribution is 6.32. The van der Waals surface area contributed by atoms with Crippen molar-refractivity contribution in [2.24, 2.45) is 0 Å². The highest BCUT2D eigenvalue weighted by atomic mass is 35.5. The van der Waals surface area contributed by atoms with Crippen LogP contribution in [0.4, 0.5) is 5.69 Å². The maximum Gasteiger partial charge on any atom is 0.260 e. The molecule has 8 heteroatoms. The zero-order valence-electron chi connectivity index (χ0n) is 14.4. The normalized spacial score (nSPS) is 17.0. The molecule has 1 atom stereocenters. The third-order valence-electron chi connectivity index (χ3n) is 3.78. The largest absolute Gasteiger partial charge is 0.482 e. The van der Waals surface area contributed by atoms with Crippen LogP contribution in [0.2, 0.25) is 5.02 Å². The lowest BCUT2D eigenvalue weighted by Crippen LogP contribution is -2.39. The molecule has 0 spiro atoms. The molecule has 1 aliphatic rings. The summed E-state index contributed by atoms with van der Waals surface area (Å²) in [6, 6.07) is 4.84. The molecule has 25 heavy (non-hydrogen) atoms. The molecule has 1 fully saturated rings. The molecule has 0 aromatic heterocycles. The minimum Gasteiger partial charge on any atom is -0.482 e. The number of anilines is 1. The molecule has 1 N–H and O–H groups in total. The Kier molecular flexibility index (Phi) is 7.49. The van der Waals surface area contributed by atoms with Crippen LogP contribution in [0, 0.1) is 0 Å². The van der Waals surface area contributed by atoms with Crippen molar-refractivity contribution in [1.29, 1.82) is 0 Å². The molecule has 0 aliphatic carbocycles. The van der Waals surface area contributed by atoms with Crippen molar-refractivity contribution in [2.45, 2.75) is 20.0 Å². The van der Waals surface area contributed by atoms with Gasteiger partial charge in [0.2, 0.25) is 0 Å². The standard InChI is InChI=1S/C17H23ClN2O5/c1-3-20(4-2)16(21)11-25-14-6-5-12(9-13(14)18)19-17(22)15-10-23-7-8-24-15/h5-6,9,15H,3-4,7-8,10-11H2,1-2H3,(H,19,22)/t15-/m0/s1. The van der Waals surface area contributed by atoms with E-state index in [4.69, 9.17) is 25.8 Å². The number of hydrogen-bond acceptors (Lipinski definition) is 5.